The molecule has 2 aromatic rings. The van der Waals surface area contributed by atoms with Crippen LogP contribution in [0.2, 0.25) is 0 Å². The van der Waals surface area contributed by atoms with Crippen LogP contribution < -0.4 is 29.0 Å². The molecule has 46 heavy (non-hydrogen) atoms. The van der Waals surface area contributed by atoms with Gasteiger partial charge in [0.2, 0.25) is 18.3 Å². The van der Waals surface area contributed by atoms with Crippen LogP contribution in [-0.4, -0.2) is 117 Å². The van der Waals surface area contributed by atoms with E-state index in [9.17, 15) is 34.0 Å². The number of aliphatic hydroxyl groups excluding tert-OH is 4. The van der Waals surface area contributed by atoms with Crippen molar-refractivity contribution in [2.45, 2.75) is 42.2 Å². The average molecular weight is 658 g/mol. The fraction of sp³-hybridized carbons (Fsp3) is 0.567. The van der Waals surface area contributed by atoms with Crippen LogP contribution >= 0.6 is 0 Å². The lowest BCUT2D eigenvalue weighted by molar-refractivity contribution is -0.352. The third kappa shape index (κ3) is 5.78. The molecule has 1 aliphatic carbocycles. The molecule has 2 fully saturated rings. The SMILES string of the molecule is COc1cc([C@@H]2c3cc4c(cc3[C@@H](NCF)C3COC(=O)[C@@H]32)OCO4)cc(OC)c1OC.OC[C@H]1O[C@@](O)(CF)[C@H](O)[C@@H](O)[C@@H]1O. The minimum Gasteiger partial charge on any atom is -0.493 e. The van der Waals surface area contributed by atoms with Crippen LogP contribution in [0.15, 0.2) is 24.3 Å². The molecule has 6 N–H and O–H groups in total. The number of benzene rings is 2. The van der Waals surface area contributed by atoms with Crippen molar-refractivity contribution >= 4 is 5.97 Å². The van der Waals surface area contributed by atoms with E-state index in [4.69, 9.17) is 33.5 Å². The number of rotatable bonds is 8. The highest BCUT2D eigenvalue weighted by Crippen LogP contribution is 2.55. The van der Waals surface area contributed by atoms with E-state index in [1.54, 1.807) is 14.2 Å². The number of ether oxygens (including phenoxy) is 7. The lowest BCUT2D eigenvalue weighted by Gasteiger charge is -2.43. The van der Waals surface area contributed by atoms with Gasteiger partial charge < -0.3 is 58.7 Å². The number of fused-ring (bicyclic) bond motifs is 3. The van der Waals surface area contributed by atoms with Gasteiger partial charge in [-0.1, -0.05) is 0 Å². The number of methoxy groups -OCH3 is 3. The van der Waals surface area contributed by atoms with Gasteiger partial charge in [0, 0.05) is 17.9 Å². The molecule has 0 saturated carbocycles. The molecule has 16 heteroatoms. The lowest BCUT2D eigenvalue weighted by Crippen LogP contribution is -2.66. The highest BCUT2D eigenvalue weighted by atomic mass is 19.1. The van der Waals surface area contributed by atoms with Crippen LogP contribution in [0.1, 0.15) is 28.7 Å². The Balaban J connectivity index is 0.000000251. The Morgan fingerprint density at radius 3 is 2.11 bits per heavy atom. The summed E-state index contributed by atoms with van der Waals surface area (Å²) in [5.74, 6) is -1.44. The minimum atomic E-state index is -2.58. The molecule has 9 atom stereocenters. The molecule has 0 bridgehead atoms. The molecule has 2 aromatic carbocycles. The van der Waals surface area contributed by atoms with Crippen molar-refractivity contribution in [2.24, 2.45) is 11.8 Å². The third-order valence-corrected chi connectivity index (χ3v) is 8.77. The van der Waals surface area contributed by atoms with Gasteiger partial charge in [0.1, 0.15) is 37.9 Å². The van der Waals surface area contributed by atoms with E-state index in [2.05, 4.69) is 10.1 Å². The number of halogens is 2. The van der Waals surface area contributed by atoms with Crippen LogP contribution in [-0.2, 0) is 14.3 Å². The largest absolute Gasteiger partial charge is 0.493 e. The van der Waals surface area contributed by atoms with Gasteiger partial charge in [-0.15, -0.1) is 0 Å². The Hall–Kier alpha value is -3.51. The van der Waals surface area contributed by atoms with Gasteiger partial charge in [0.25, 0.3) is 0 Å². The van der Waals surface area contributed by atoms with Gasteiger partial charge in [0.15, 0.2) is 23.0 Å². The molecule has 0 spiro atoms. The molecule has 0 aromatic heterocycles. The van der Waals surface area contributed by atoms with Crippen LogP contribution in [0.4, 0.5) is 8.78 Å². The second-order valence-corrected chi connectivity index (χ2v) is 11.1. The van der Waals surface area contributed by atoms with Crippen LogP contribution in [0.5, 0.6) is 28.7 Å². The minimum absolute atomic E-state index is 0.114. The number of carbonyl (C=O) groups is 1. The van der Waals surface area contributed by atoms with Gasteiger partial charge in [0.05, 0.1) is 40.5 Å². The number of aliphatic hydroxyl groups is 5. The monoisotopic (exact) mass is 657 g/mol. The molecule has 254 valence electrons. The maximum Gasteiger partial charge on any atom is 0.310 e. The normalized spacial score (nSPS) is 32.4. The maximum atomic E-state index is 13.5. The molecular weight excluding hydrogens is 620 g/mol. The lowest BCUT2D eigenvalue weighted by atomic mass is 9.65. The number of hydrogen-bond donors (Lipinski definition) is 6. The molecular formula is C30H37F2NO13. The zero-order chi connectivity index (χ0) is 33.3. The maximum absolute atomic E-state index is 13.5. The van der Waals surface area contributed by atoms with Gasteiger partial charge in [-0.2, -0.15) is 0 Å². The predicted molar refractivity (Wildman–Crippen MR) is 151 cm³/mol. The van der Waals surface area contributed by atoms with Gasteiger partial charge >= 0.3 is 5.97 Å². The topological polar surface area (TPSA) is 195 Å². The first kappa shape index (κ1) is 33.8. The molecule has 0 radical (unpaired) electrons. The molecule has 2 saturated heterocycles. The summed E-state index contributed by atoms with van der Waals surface area (Å²) >= 11 is 0. The van der Waals surface area contributed by atoms with E-state index in [1.165, 1.54) is 7.11 Å². The summed E-state index contributed by atoms with van der Waals surface area (Å²) in [7, 11) is 4.62. The standard InChI is InChI=1S/C23H24FNO7.C7H13FO6/c1-27-17-4-11(5-18(28-2)22(17)29-3)19-12-6-15-16(32-10-31-15)7-13(12)21(25-9-24)14-8-30-23(26)20(14)19;8-2-7(13)6(12)5(11)4(10)3(1-9)14-7/h4-7,14,19-21,25H,8-10H2,1-3H3;3-6,9-13H,1-2H2/t14?,19-,20+,21-;3-,4-,5+,6-,7+/m11/s1. The molecule has 4 aliphatic rings. The van der Waals surface area contributed by atoms with Crippen molar-refractivity contribution in [3.05, 3.63) is 41.0 Å². The molecule has 6 rings (SSSR count). The van der Waals surface area contributed by atoms with Crippen molar-refractivity contribution in [1.29, 1.82) is 0 Å². The number of alkyl halides is 2. The Kier molecular flexibility index (Phi) is 10.1. The first-order valence-corrected chi connectivity index (χ1v) is 14.4. The zero-order valence-corrected chi connectivity index (χ0v) is 25.2. The Morgan fingerprint density at radius 1 is 0.935 bits per heavy atom. The van der Waals surface area contributed by atoms with Crippen molar-refractivity contribution in [3.63, 3.8) is 0 Å². The number of nitrogens with one attached hydrogen (secondary N) is 1. The predicted octanol–water partition coefficient (Wildman–Crippen LogP) is 0.0518. The Labute approximate surface area is 262 Å². The summed E-state index contributed by atoms with van der Waals surface area (Å²) in [6, 6.07) is 7.02. The van der Waals surface area contributed by atoms with E-state index in [-0.39, 0.29) is 31.2 Å². The summed E-state index contributed by atoms with van der Waals surface area (Å²) in [5.41, 5.74) is 2.49. The summed E-state index contributed by atoms with van der Waals surface area (Å²) in [6.45, 7) is -2.56. The Bertz CT molecular complexity index is 1390. The van der Waals surface area contributed by atoms with E-state index < -0.39 is 62.2 Å². The second kappa shape index (κ2) is 13.7. The van der Waals surface area contributed by atoms with E-state index in [0.717, 1.165) is 16.7 Å². The summed E-state index contributed by atoms with van der Waals surface area (Å²) in [4.78, 5) is 12.9. The second-order valence-electron chi connectivity index (χ2n) is 11.1. The Morgan fingerprint density at radius 2 is 1.57 bits per heavy atom. The zero-order valence-electron chi connectivity index (χ0n) is 25.2. The van der Waals surface area contributed by atoms with Crippen LogP contribution in [0.25, 0.3) is 0 Å². The molecule has 1 unspecified atom stereocenters. The first-order valence-electron chi connectivity index (χ1n) is 14.4. The fourth-order valence-electron chi connectivity index (χ4n) is 6.52. The molecule has 3 heterocycles. The smallest absolute Gasteiger partial charge is 0.310 e. The third-order valence-electron chi connectivity index (χ3n) is 8.77. The van der Waals surface area contributed by atoms with Crippen LogP contribution in [0, 0.1) is 11.8 Å². The van der Waals surface area contributed by atoms with E-state index in [0.29, 0.717) is 28.7 Å². The first-order chi connectivity index (χ1) is 22.1. The van der Waals surface area contributed by atoms with Crippen LogP contribution in [0.3, 0.4) is 0 Å². The average Bonchev–Trinajstić information content (AvgIpc) is 3.70. The van der Waals surface area contributed by atoms with Gasteiger partial charge in [-0.05, 0) is 41.0 Å². The highest BCUT2D eigenvalue weighted by Gasteiger charge is 2.54. The van der Waals surface area contributed by atoms with Crippen molar-refractivity contribution in [3.8, 4) is 28.7 Å². The molecule has 14 nitrogen and oxygen atoms in total. The molecule has 3 aliphatic heterocycles. The van der Waals surface area contributed by atoms with Crippen molar-refractivity contribution < 1.29 is 72.3 Å². The highest BCUT2D eigenvalue weighted by molar-refractivity contribution is 5.79. The van der Waals surface area contributed by atoms with Gasteiger partial charge in [-0.25, -0.2) is 8.78 Å². The summed E-state index contributed by atoms with van der Waals surface area (Å²) in [5, 5.41) is 48.5. The van der Waals surface area contributed by atoms with E-state index >= 15 is 0 Å². The summed E-state index contributed by atoms with van der Waals surface area (Å²) in [6.07, 6.45) is -6.61. The van der Waals surface area contributed by atoms with Gasteiger partial charge in [-0.3, -0.25) is 10.1 Å². The summed E-state index contributed by atoms with van der Waals surface area (Å²) < 4.78 is 63.5. The molecule has 0 amide bonds. The van der Waals surface area contributed by atoms with E-state index in [1.807, 2.05) is 24.3 Å². The van der Waals surface area contributed by atoms with Crippen molar-refractivity contribution in [2.75, 3.05) is 54.8 Å². The number of cyclic esters (lactones) is 1. The quantitative estimate of drug-likeness (QED) is 0.165. The fourth-order valence-corrected chi connectivity index (χ4v) is 6.52. The number of hydrogen-bond acceptors (Lipinski definition) is 14. The number of esters is 1. The number of carbonyl (C=O) groups excluding carboxylic acids is 1. The van der Waals surface area contributed by atoms with Crippen molar-refractivity contribution in [1.82, 2.24) is 5.32 Å².